The van der Waals surface area contributed by atoms with Crippen molar-refractivity contribution in [2.75, 3.05) is 86.9 Å². The zero-order chi connectivity index (χ0) is 39.3. The Balaban J connectivity index is 1.04. The van der Waals surface area contributed by atoms with Gasteiger partial charge in [0, 0.05) is 90.5 Å². The third kappa shape index (κ3) is 8.71. The van der Waals surface area contributed by atoms with E-state index in [0.717, 1.165) is 121 Å². The maximum atomic E-state index is 15.6. The summed E-state index contributed by atoms with van der Waals surface area (Å²) in [6, 6.07) is 27.2. The summed E-state index contributed by atoms with van der Waals surface area (Å²) < 4.78 is 23.4. The molecule has 0 amide bonds. The van der Waals surface area contributed by atoms with Crippen LogP contribution >= 0.6 is 23.4 Å². The molecule has 2 saturated heterocycles. The van der Waals surface area contributed by atoms with Gasteiger partial charge in [-0.1, -0.05) is 41.9 Å². The molecule has 294 valence electrons. The van der Waals surface area contributed by atoms with Gasteiger partial charge in [-0.15, -0.1) is 11.8 Å². The topological polar surface area (TPSA) is 79.1 Å². The Labute approximate surface area is 338 Å². The Hall–Kier alpha value is -4.55. The molecule has 0 bridgehead atoms. The standard InChI is InChI=1S/C44H50ClFN6O3S/c1-30(2)51-31(3)44(56-4)42(43(51)33-6-11-36(45)12-7-33)35-26-37(46)29-39(27-35)50-20-18-49(19-21-50)38-13-8-32(9-14-38)34-10-15-40(41(28-34)52(53)54)47-16-5-17-48-22-24-55-25-23-48/h6-15,26-30,47H,5,16-25H2,1-4H3. The fourth-order valence-corrected chi connectivity index (χ4v) is 9.03. The number of morpholine rings is 1. The first-order valence-corrected chi connectivity index (χ1v) is 21.0. The number of benzene rings is 4. The number of aromatic nitrogens is 1. The van der Waals surface area contributed by atoms with Crippen LogP contribution in [0.5, 0.6) is 0 Å². The SMILES string of the molecule is CSc1c(-c2cc(F)cc(N3CCN(c4ccc(-c5ccc(NCCCN6CCOCC6)c([N+](=O)[O-])c5)cc4)CC3)c2)c(-c2ccc(Cl)cc2)n(C(C)C)c1C. The van der Waals surface area contributed by atoms with Crippen LogP contribution in [-0.2, 0) is 4.74 Å². The van der Waals surface area contributed by atoms with Crippen molar-refractivity contribution in [3.63, 3.8) is 0 Å². The zero-order valence-corrected chi connectivity index (χ0v) is 34.1. The molecule has 5 aromatic rings. The minimum absolute atomic E-state index is 0.0769. The average molecular weight is 797 g/mol. The molecular weight excluding hydrogens is 747 g/mol. The molecule has 0 spiro atoms. The highest BCUT2D eigenvalue weighted by Gasteiger charge is 2.26. The fraction of sp³-hybridized carbons (Fsp3) is 0.364. The van der Waals surface area contributed by atoms with Crippen LogP contribution in [0, 0.1) is 22.9 Å². The van der Waals surface area contributed by atoms with Gasteiger partial charge in [0.25, 0.3) is 5.69 Å². The summed E-state index contributed by atoms with van der Waals surface area (Å²) in [6.07, 6.45) is 2.98. The first-order valence-electron chi connectivity index (χ1n) is 19.4. The number of nitro benzene ring substituents is 1. The first-order chi connectivity index (χ1) is 27.1. The zero-order valence-electron chi connectivity index (χ0n) is 32.6. The number of piperazine rings is 1. The lowest BCUT2D eigenvalue weighted by Gasteiger charge is -2.37. The lowest BCUT2D eigenvalue weighted by atomic mass is 9.99. The highest BCUT2D eigenvalue weighted by molar-refractivity contribution is 7.98. The number of hydrogen-bond acceptors (Lipinski definition) is 8. The van der Waals surface area contributed by atoms with Crippen molar-refractivity contribution >= 4 is 46.1 Å². The number of nitrogens with one attached hydrogen (secondary N) is 1. The normalized spacial score (nSPS) is 15.1. The quantitative estimate of drug-likeness (QED) is 0.0546. The van der Waals surface area contributed by atoms with Gasteiger partial charge in [-0.25, -0.2) is 4.39 Å². The van der Waals surface area contributed by atoms with Crippen molar-refractivity contribution in [3.8, 4) is 33.5 Å². The minimum Gasteiger partial charge on any atom is -0.379 e. The summed E-state index contributed by atoms with van der Waals surface area (Å²) in [5, 5.41) is 16.0. The Kier molecular flexibility index (Phi) is 12.6. The van der Waals surface area contributed by atoms with E-state index < -0.39 is 0 Å². The second-order valence-electron chi connectivity index (χ2n) is 14.8. The molecule has 0 radical (unpaired) electrons. The molecule has 0 atom stereocenters. The molecule has 0 saturated carbocycles. The minimum atomic E-state index is -0.313. The fourth-order valence-electron chi connectivity index (χ4n) is 8.09. The summed E-state index contributed by atoms with van der Waals surface area (Å²) in [4.78, 5) is 19.8. The van der Waals surface area contributed by atoms with Gasteiger partial charge in [0.2, 0.25) is 0 Å². The van der Waals surface area contributed by atoms with Crippen LogP contribution in [0.2, 0.25) is 5.02 Å². The third-order valence-electron chi connectivity index (χ3n) is 10.9. The molecular formula is C44H50ClFN6O3S. The maximum absolute atomic E-state index is 15.6. The first kappa shape index (κ1) is 39.7. The van der Waals surface area contributed by atoms with E-state index in [1.54, 1.807) is 30.0 Å². The van der Waals surface area contributed by atoms with Crippen LogP contribution in [0.1, 0.15) is 32.0 Å². The highest BCUT2D eigenvalue weighted by atomic mass is 35.5. The Morgan fingerprint density at radius 1 is 0.839 bits per heavy atom. The summed E-state index contributed by atoms with van der Waals surface area (Å²) in [6.45, 7) is 14.5. The number of hydrogen-bond donors (Lipinski definition) is 1. The molecule has 2 aliphatic rings. The molecule has 0 aliphatic carbocycles. The number of nitro groups is 1. The summed E-state index contributed by atoms with van der Waals surface area (Å²) in [7, 11) is 0. The van der Waals surface area contributed by atoms with Gasteiger partial charge >= 0.3 is 0 Å². The van der Waals surface area contributed by atoms with Gasteiger partial charge in [-0.3, -0.25) is 15.0 Å². The van der Waals surface area contributed by atoms with Crippen LogP contribution in [-0.4, -0.2) is 86.2 Å². The molecule has 7 rings (SSSR count). The molecule has 9 nitrogen and oxygen atoms in total. The third-order valence-corrected chi connectivity index (χ3v) is 12.0. The Morgan fingerprint density at radius 2 is 1.48 bits per heavy atom. The smallest absolute Gasteiger partial charge is 0.292 e. The van der Waals surface area contributed by atoms with Gasteiger partial charge in [-0.2, -0.15) is 0 Å². The molecule has 2 fully saturated rings. The highest BCUT2D eigenvalue weighted by Crippen LogP contribution is 2.46. The molecule has 4 aromatic carbocycles. The van der Waals surface area contributed by atoms with Crippen LogP contribution in [0.4, 0.5) is 27.1 Å². The van der Waals surface area contributed by atoms with Gasteiger partial charge in [0.05, 0.1) is 23.8 Å². The van der Waals surface area contributed by atoms with Crippen molar-refractivity contribution in [2.24, 2.45) is 0 Å². The van der Waals surface area contributed by atoms with Crippen LogP contribution < -0.4 is 15.1 Å². The lowest BCUT2D eigenvalue weighted by molar-refractivity contribution is -0.383. The predicted molar refractivity (Wildman–Crippen MR) is 230 cm³/mol. The number of anilines is 3. The number of rotatable bonds is 13. The van der Waals surface area contributed by atoms with Gasteiger partial charge in [0.15, 0.2) is 0 Å². The lowest BCUT2D eigenvalue weighted by Crippen LogP contribution is -2.46. The Bertz CT molecular complexity index is 2150. The number of halogens is 2. The van der Waals surface area contributed by atoms with E-state index in [-0.39, 0.29) is 22.5 Å². The van der Waals surface area contributed by atoms with Crippen molar-refractivity contribution in [3.05, 3.63) is 112 Å². The van der Waals surface area contributed by atoms with Gasteiger partial charge < -0.3 is 24.4 Å². The summed E-state index contributed by atoms with van der Waals surface area (Å²) in [5.74, 6) is -0.257. The largest absolute Gasteiger partial charge is 0.379 e. The van der Waals surface area contributed by atoms with Crippen molar-refractivity contribution in [1.82, 2.24) is 9.47 Å². The number of ether oxygens (including phenoxy) is 1. The second kappa shape index (κ2) is 17.7. The monoisotopic (exact) mass is 796 g/mol. The average Bonchev–Trinajstić information content (AvgIpc) is 3.52. The van der Waals surface area contributed by atoms with Gasteiger partial charge in [-0.05, 0) is 111 Å². The van der Waals surface area contributed by atoms with E-state index in [2.05, 4.69) is 69.8 Å². The molecule has 3 heterocycles. The van der Waals surface area contributed by atoms with E-state index >= 15 is 4.39 Å². The molecule has 12 heteroatoms. The molecule has 2 aliphatic heterocycles. The second-order valence-corrected chi connectivity index (χ2v) is 16.0. The van der Waals surface area contributed by atoms with Gasteiger partial charge in [0.1, 0.15) is 11.5 Å². The van der Waals surface area contributed by atoms with Crippen LogP contribution in [0.15, 0.2) is 89.8 Å². The van der Waals surface area contributed by atoms with E-state index in [4.69, 9.17) is 16.3 Å². The van der Waals surface area contributed by atoms with E-state index in [0.29, 0.717) is 17.3 Å². The van der Waals surface area contributed by atoms with Crippen molar-refractivity contribution < 1.29 is 14.1 Å². The van der Waals surface area contributed by atoms with Crippen molar-refractivity contribution in [2.45, 2.75) is 38.1 Å². The molecule has 0 unspecified atom stereocenters. The van der Waals surface area contributed by atoms with E-state index in [9.17, 15) is 10.1 Å². The molecule has 1 aromatic heterocycles. The van der Waals surface area contributed by atoms with Crippen LogP contribution in [0.3, 0.4) is 0 Å². The molecule has 56 heavy (non-hydrogen) atoms. The van der Waals surface area contributed by atoms with E-state index in [1.807, 2.05) is 48.5 Å². The predicted octanol–water partition coefficient (Wildman–Crippen LogP) is 10.3. The maximum Gasteiger partial charge on any atom is 0.292 e. The number of thioether (sulfide) groups is 1. The number of nitrogens with zero attached hydrogens (tertiary/aromatic N) is 5. The Morgan fingerprint density at radius 3 is 2.12 bits per heavy atom. The molecule has 1 N–H and O–H groups in total. The summed E-state index contributed by atoms with van der Waals surface area (Å²) >= 11 is 7.98. The van der Waals surface area contributed by atoms with Crippen LogP contribution in [0.25, 0.3) is 33.5 Å². The van der Waals surface area contributed by atoms with E-state index in [1.165, 1.54) is 0 Å². The summed E-state index contributed by atoms with van der Waals surface area (Å²) in [5.41, 5.74) is 9.48. The van der Waals surface area contributed by atoms with Crippen molar-refractivity contribution in [1.29, 1.82) is 0 Å².